The van der Waals surface area contributed by atoms with E-state index in [1.54, 1.807) is 0 Å². The lowest BCUT2D eigenvalue weighted by atomic mass is 9.76. The van der Waals surface area contributed by atoms with Crippen LogP contribution in [-0.2, 0) is 18.4 Å². The number of nitrogens with one attached hydrogen (secondary N) is 1. The Kier molecular flexibility index (Phi) is 5.18. The summed E-state index contributed by atoms with van der Waals surface area (Å²) in [6.45, 7) is 10.9. The second-order valence-corrected chi connectivity index (χ2v) is 6.03. The highest BCUT2D eigenvalue weighted by Crippen LogP contribution is 2.28. The predicted octanol–water partition coefficient (Wildman–Crippen LogP) is 3.40. The molecule has 114 valence electrons. The molecule has 0 aliphatic carbocycles. The average Bonchev–Trinajstić information content (AvgIpc) is 2.95. The summed E-state index contributed by atoms with van der Waals surface area (Å²) in [5, 5.41) is 3.66. The van der Waals surface area contributed by atoms with Gasteiger partial charge in [0.25, 0.3) is 0 Å². The first-order valence-corrected chi connectivity index (χ1v) is 7.88. The smallest absolute Gasteiger partial charge is 0.110 e. The summed E-state index contributed by atoms with van der Waals surface area (Å²) in [5.41, 5.74) is 1.42. The van der Waals surface area contributed by atoms with E-state index in [9.17, 15) is 0 Å². The number of likely N-dealkylation sites (N-methyl/N-ethyl adjacent to an activating group) is 1. The molecule has 2 rings (SSSR count). The fraction of sp³-hybridized carbons (Fsp3) is 0.500. The molecule has 0 saturated heterocycles. The fourth-order valence-electron chi connectivity index (χ4n) is 2.90. The minimum absolute atomic E-state index is 0.0573. The third kappa shape index (κ3) is 3.53. The van der Waals surface area contributed by atoms with Gasteiger partial charge in [-0.25, -0.2) is 4.98 Å². The van der Waals surface area contributed by atoms with E-state index in [0.29, 0.717) is 6.04 Å². The Morgan fingerprint density at radius 2 is 1.90 bits per heavy atom. The van der Waals surface area contributed by atoms with Crippen molar-refractivity contribution in [2.45, 2.75) is 52.1 Å². The topological polar surface area (TPSA) is 29.9 Å². The van der Waals surface area contributed by atoms with Gasteiger partial charge in [0.1, 0.15) is 5.82 Å². The van der Waals surface area contributed by atoms with Crippen LogP contribution in [0.4, 0.5) is 0 Å². The van der Waals surface area contributed by atoms with Crippen LogP contribution in [0.15, 0.2) is 42.7 Å². The van der Waals surface area contributed by atoms with Crippen LogP contribution in [0.25, 0.3) is 0 Å². The lowest BCUT2D eigenvalue weighted by Gasteiger charge is -2.35. The van der Waals surface area contributed by atoms with Gasteiger partial charge < -0.3 is 9.88 Å². The Hall–Kier alpha value is -1.61. The quantitative estimate of drug-likeness (QED) is 0.845. The molecular weight excluding hydrogens is 258 g/mol. The molecule has 0 aliphatic heterocycles. The molecule has 0 fully saturated rings. The van der Waals surface area contributed by atoms with Crippen LogP contribution in [-0.4, -0.2) is 22.1 Å². The molecule has 1 heterocycles. The van der Waals surface area contributed by atoms with Crippen LogP contribution in [0.2, 0.25) is 0 Å². The van der Waals surface area contributed by atoms with Crippen LogP contribution < -0.4 is 5.32 Å². The van der Waals surface area contributed by atoms with Crippen LogP contribution in [0.3, 0.4) is 0 Å². The van der Waals surface area contributed by atoms with Crippen molar-refractivity contribution in [3.05, 3.63) is 54.1 Å². The number of hydrogen-bond acceptors (Lipinski definition) is 2. The van der Waals surface area contributed by atoms with E-state index in [1.807, 2.05) is 6.20 Å². The van der Waals surface area contributed by atoms with Crippen LogP contribution in [0, 0.1) is 0 Å². The van der Waals surface area contributed by atoms with Gasteiger partial charge >= 0.3 is 0 Å². The predicted molar refractivity (Wildman–Crippen MR) is 88.5 cm³/mol. The summed E-state index contributed by atoms with van der Waals surface area (Å²) in [6, 6.07) is 11.1. The first kappa shape index (κ1) is 15.8. The number of aromatic nitrogens is 2. The molecule has 21 heavy (non-hydrogen) atoms. The molecule has 0 bridgehead atoms. The molecule has 0 radical (unpaired) electrons. The normalized spacial score (nSPS) is 13.3. The molecule has 0 spiro atoms. The van der Waals surface area contributed by atoms with Crippen molar-refractivity contribution in [2.24, 2.45) is 0 Å². The second kappa shape index (κ2) is 6.90. The zero-order valence-electron chi connectivity index (χ0n) is 13.6. The number of nitrogens with zero attached hydrogens (tertiary/aromatic N) is 2. The van der Waals surface area contributed by atoms with Gasteiger partial charge in [-0.1, -0.05) is 51.1 Å². The molecular formula is C18H27N3. The third-order valence-electron chi connectivity index (χ3n) is 4.37. The molecule has 0 aliphatic rings. The standard InChI is InChI=1S/C18H27N3/c1-5-19-16(14-17-20-12-13-21(17)6-2)18(3,4)15-10-8-7-9-11-15/h7-13,16,19H,5-6,14H2,1-4H3. The van der Waals surface area contributed by atoms with Gasteiger partial charge in [0.2, 0.25) is 0 Å². The van der Waals surface area contributed by atoms with E-state index < -0.39 is 0 Å². The van der Waals surface area contributed by atoms with Crippen molar-refractivity contribution in [2.75, 3.05) is 6.54 Å². The van der Waals surface area contributed by atoms with Gasteiger partial charge in [-0.05, 0) is 19.0 Å². The highest BCUT2D eigenvalue weighted by atomic mass is 15.1. The van der Waals surface area contributed by atoms with Gasteiger partial charge in [0, 0.05) is 36.8 Å². The molecule has 1 aromatic heterocycles. The van der Waals surface area contributed by atoms with Crippen molar-refractivity contribution in [1.29, 1.82) is 0 Å². The fourth-order valence-corrected chi connectivity index (χ4v) is 2.90. The van der Waals surface area contributed by atoms with E-state index in [0.717, 1.165) is 25.3 Å². The summed E-state index contributed by atoms with van der Waals surface area (Å²) in [5.74, 6) is 1.16. The molecule has 2 aromatic rings. The molecule has 0 amide bonds. The van der Waals surface area contributed by atoms with E-state index >= 15 is 0 Å². The summed E-state index contributed by atoms with van der Waals surface area (Å²) >= 11 is 0. The van der Waals surface area contributed by atoms with Crippen molar-refractivity contribution >= 4 is 0 Å². The Bertz CT molecular complexity index is 543. The maximum absolute atomic E-state index is 4.54. The zero-order chi connectivity index (χ0) is 15.3. The van der Waals surface area contributed by atoms with E-state index in [-0.39, 0.29) is 5.41 Å². The molecule has 3 heteroatoms. The molecule has 1 aromatic carbocycles. The SMILES string of the molecule is CCNC(Cc1nccn1CC)C(C)(C)c1ccccc1. The van der Waals surface area contributed by atoms with Crippen molar-refractivity contribution in [1.82, 2.24) is 14.9 Å². The van der Waals surface area contributed by atoms with Gasteiger partial charge in [-0.2, -0.15) is 0 Å². The molecule has 1 N–H and O–H groups in total. The van der Waals surface area contributed by atoms with Crippen LogP contribution >= 0.6 is 0 Å². The summed E-state index contributed by atoms with van der Waals surface area (Å²) in [4.78, 5) is 4.54. The van der Waals surface area contributed by atoms with Gasteiger partial charge in [0.15, 0.2) is 0 Å². The molecule has 1 unspecified atom stereocenters. The maximum Gasteiger partial charge on any atom is 0.110 e. The average molecular weight is 285 g/mol. The number of aryl methyl sites for hydroxylation is 1. The number of rotatable bonds is 7. The lowest BCUT2D eigenvalue weighted by Crippen LogP contribution is -2.46. The van der Waals surface area contributed by atoms with Gasteiger partial charge in [-0.3, -0.25) is 0 Å². The molecule has 1 atom stereocenters. The summed E-state index contributed by atoms with van der Waals surface area (Å²) in [6.07, 6.45) is 4.90. The zero-order valence-corrected chi connectivity index (χ0v) is 13.6. The number of imidazole rings is 1. The number of benzene rings is 1. The third-order valence-corrected chi connectivity index (χ3v) is 4.37. The lowest BCUT2D eigenvalue weighted by molar-refractivity contribution is 0.335. The van der Waals surface area contributed by atoms with Gasteiger partial charge in [-0.15, -0.1) is 0 Å². The summed E-state index contributed by atoms with van der Waals surface area (Å²) in [7, 11) is 0. The van der Waals surface area contributed by atoms with E-state index in [2.05, 4.69) is 79.1 Å². The Morgan fingerprint density at radius 3 is 2.52 bits per heavy atom. The maximum atomic E-state index is 4.54. The number of hydrogen-bond donors (Lipinski definition) is 1. The van der Waals surface area contributed by atoms with Crippen LogP contribution in [0.5, 0.6) is 0 Å². The Morgan fingerprint density at radius 1 is 1.19 bits per heavy atom. The molecule has 3 nitrogen and oxygen atoms in total. The Balaban J connectivity index is 2.26. The van der Waals surface area contributed by atoms with E-state index in [4.69, 9.17) is 0 Å². The van der Waals surface area contributed by atoms with Crippen molar-refractivity contribution in [3.8, 4) is 0 Å². The first-order valence-electron chi connectivity index (χ1n) is 7.88. The highest BCUT2D eigenvalue weighted by molar-refractivity contribution is 5.26. The molecule has 0 saturated carbocycles. The van der Waals surface area contributed by atoms with Crippen molar-refractivity contribution in [3.63, 3.8) is 0 Å². The minimum Gasteiger partial charge on any atom is -0.335 e. The minimum atomic E-state index is 0.0573. The first-order chi connectivity index (χ1) is 10.1. The van der Waals surface area contributed by atoms with Gasteiger partial charge in [0.05, 0.1) is 0 Å². The Labute approximate surface area is 128 Å². The highest BCUT2D eigenvalue weighted by Gasteiger charge is 2.31. The summed E-state index contributed by atoms with van der Waals surface area (Å²) < 4.78 is 2.23. The van der Waals surface area contributed by atoms with Crippen molar-refractivity contribution < 1.29 is 0 Å². The largest absolute Gasteiger partial charge is 0.335 e. The van der Waals surface area contributed by atoms with E-state index in [1.165, 1.54) is 5.56 Å². The monoisotopic (exact) mass is 285 g/mol. The second-order valence-electron chi connectivity index (χ2n) is 6.03. The van der Waals surface area contributed by atoms with Crippen LogP contribution in [0.1, 0.15) is 39.1 Å².